The van der Waals surface area contributed by atoms with Crippen molar-refractivity contribution in [1.29, 1.82) is 0 Å². The first-order valence-corrected chi connectivity index (χ1v) is 9.47. The lowest BCUT2D eigenvalue weighted by Gasteiger charge is -2.38. The van der Waals surface area contributed by atoms with Crippen molar-refractivity contribution >= 4 is 24.5 Å². The van der Waals surface area contributed by atoms with Gasteiger partial charge in [-0.1, -0.05) is 29.8 Å². The summed E-state index contributed by atoms with van der Waals surface area (Å²) in [5.41, 5.74) is -2.56. The SMILES string of the molecule is COC(=O)[C@@]1(c2cccc(C)c2)N=CN(C(=O)OC(C)(C)C)N1C(=O)OC(C)(C)C. The fourth-order valence-corrected chi connectivity index (χ4v) is 2.82. The number of carbonyl (C=O) groups is 3. The van der Waals surface area contributed by atoms with Crippen LogP contribution >= 0.6 is 0 Å². The Bertz CT molecular complexity index is 868. The molecule has 0 saturated heterocycles. The van der Waals surface area contributed by atoms with Gasteiger partial charge in [-0.15, -0.1) is 0 Å². The standard InChI is InChI=1S/C21H29N3O6/c1-14-10-9-11-15(12-14)21(16(25)28-8)22-13-23(17(26)29-19(2,3)4)24(21)18(27)30-20(5,6)7/h9-13H,1-8H3/t21-/m0/s1. The van der Waals surface area contributed by atoms with Gasteiger partial charge in [0.15, 0.2) is 0 Å². The third-order valence-corrected chi connectivity index (χ3v) is 3.91. The van der Waals surface area contributed by atoms with E-state index < -0.39 is 35.0 Å². The van der Waals surface area contributed by atoms with Gasteiger partial charge in [0.25, 0.3) is 5.66 Å². The Morgan fingerprint density at radius 2 is 1.53 bits per heavy atom. The monoisotopic (exact) mass is 419 g/mol. The molecule has 0 N–H and O–H groups in total. The Morgan fingerprint density at radius 1 is 0.967 bits per heavy atom. The van der Waals surface area contributed by atoms with Gasteiger partial charge in [-0.25, -0.2) is 19.4 Å². The van der Waals surface area contributed by atoms with Crippen LogP contribution in [0.3, 0.4) is 0 Å². The second-order valence-corrected chi connectivity index (χ2v) is 8.89. The van der Waals surface area contributed by atoms with Crippen molar-refractivity contribution < 1.29 is 28.6 Å². The van der Waals surface area contributed by atoms with Crippen molar-refractivity contribution in [2.75, 3.05) is 7.11 Å². The van der Waals surface area contributed by atoms with Crippen molar-refractivity contribution in [3.63, 3.8) is 0 Å². The molecule has 9 heteroatoms. The molecule has 164 valence electrons. The summed E-state index contributed by atoms with van der Waals surface area (Å²) >= 11 is 0. The van der Waals surface area contributed by atoms with Crippen LogP contribution in [0.15, 0.2) is 29.3 Å². The van der Waals surface area contributed by atoms with Crippen LogP contribution < -0.4 is 0 Å². The molecule has 0 aromatic heterocycles. The minimum atomic E-state index is -1.99. The average Bonchev–Trinajstić information content (AvgIpc) is 3.00. The Kier molecular flexibility index (Phi) is 6.15. The maximum atomic E-state index is 13.2. The number of esters is 1. The van der Waals surface area contributed by atoms with Gasteiger partial charge < -0.3 is 14.2 Å². The molecule has 1 atom stereocenters. The molecule has 1 aliphatic heterocycles. The van der Waals surface area contributed by atoms with Gasteiger partial charge in [-0.05, 0) is 48.5 Å². The van der Waals surface area contributed by atoms with Gasteiger partial charge in [0.05, 0.1) is 7.11 Å². The lowest BCUT2D eigenvalue weighted by molar-refractivity contribution is -0.160. The van der Waals surface area contributed by atoms with Crippen LogP contribution in [0.25, 0.3) is 0 Å². The van der Waals surface area contributed by atoms with Crippen molar-refractivity contribution in [3.05, 3.63) is 35.4 Å². The predicted octanol–water partition coefficient (Wildman–Crippen LogP) is 3.75. The van der Waals surface area contributed by atoms with Crippen LogP contribution in [0, 0.1) is 6.92 Å². The number of hydrazine groups is 1. The minimum absolute atomic E-state index is 0.336. The quantitative estimate of drug-likeness (QED) is 0.535. The van der Waals surface area contributed by atoms with Crippen LogP contribution in [0.4, 0.5) is 9.59 Å². The van der Waals surface area contributed by atoms with Gasteiger partial charge in [0, 0.05) is 5.56 Å². The molecule has 0 fully saturated rings. The molecule has 30 heavy (non-hydrogen) atoms. The van der Waals surface area contributed by atoms with Crippen molar-refractivity contribution in [1.82, 2.24) is 10.0 Å². The third-order valence-electron chi connectivity index (χ3n) is 3.91. The normalized spacial score (nSPS) is 18.9. The van der Waals surface area contributed by atoms with Crippen LogP contribution in [0.2, 0.25) is 0 Å². The lowest BCUT2D eigenvalue weighted by Crippen LogP contribution is -2.59. The van der Waals surface area contributed by atoms with Crippen LogP contribution in [-0.2, 0) is 24.7 Å². The zero-order valence-corrected chi connectivity index (χ0v) is 18.7. The zero-order chi connectivity index (χ0) is 22.9. The molecule has 1 aliphatic rings. The summed E-state index contributed by atoms with van der Waals surface area (Å²) in [6.45, 7) is 11.9. The number of benzene rings is 1. The molecule has 2 amide bonds. The Hall–Kier alpha value is -3.10. The maximum absolute atomic E-state index is 13.2. The first-order valence-electron chi connectivity index (χ1n) is 9.47. The van der Waals surface area contributed by atoms with Crippen molar-refractivity contribution in [2.24, 2.45) is 4.99 Å². The molecular weight excluding hydrogens is 390 g/mol. The van der Waals surface area contributed by atoms with E-state index in [1.54, 1.807) is 59.7 Å². The molecule has 0 unspecified atom stereocenters. The first kappa shape index (κ1) is 23.2. The molecule has 1 aromatic carbocycles. The number of hydrogen-bond acceptors (Lipinski definition) is 7. The summed E-state index contributed by atoms with van der Waals surface area (Å²) < 4.78 is 15.9. The molecule has 0 bridgehead atoms. The number of aliphatic imine (C=N–C) groups is 1. The second-order valence-electron chi connectivity index (χ2n) is 8.89. The van der Waals surface area contributed by atoms with Gasteiger partial charge in [0.2, 0.25) is 0 Å². The largest absolute Gasteiger partial charge is 0.465 e. The van der Waals surface area contributed by atoms with Crippen molar-refractivity contribution in [2.45, 2.75) is 65.3 Å². The zero-order valence-electron chi connectivity index (χ0n) is 18.7. The predicted molar refractivity (Wildman–Crippen MR) is 110 cm³/mol. The number of carbonyl (C=O) groups excluding carboxylic acids is 3. The summed E-state index contributed by atoms with van der Waals surface area (Å²) in [7, 11) is 1.18. The first-order chi connectivity index (χ1) is 13.7. The third kappa shape index (κ3) is 4.72. The van der Waals surface area contributed by atoms with Gasteiger partial charge >= 0.3 is 18.2 Å². The molecule has 1 aromatic rings. The van der Waals surface area contributed by atoms with E-state index in [9.17, 15) is 14.4 Å². The highest BCUT2D eigenvalue weighted by molar-refractivity contribution is 5.95. The maximum Gasteiger partial charge on any atom is 0.435 e. The Labute approximate surface area is 176 Å². The summed E-state index contributed by atoms with van der Waals surface area (Å²) in [5.74, 6) is -0.860. The highest BCUT2D eigenvalue weighted by atomic mass is 16.6. The fourth-order valence-electron chi connectivity index (χ4n) is 2.82. The molecule has 9 nitrogen and oxygen atoms in total. The van der Waals surface area contributed by atoms with Gasteiger partial charge in [0.1, 0.15) is 17.5 Å². The van der Waals surface area contributed by atoms with Gasteiger partial charge in [-0.3, -0.25) is 0 Å². The van der Waals surface area contributed by atoms with Gasteiger partial charge in [-0.2, -0.15) is 10.0 Å². The number of amides is 2. The fraction of sp³-hybridized carbons (Fsp3) is 0.524. The van der Waals surface area contributed by atoms with E-state index in [0.29, 0.717) is 5.56 Å². The van der Waals surface area contributed by atoms with Crippen molar-refractivity contribution in [3.8, 4) is 0 Å². The second kappa shape index (κ2) is 7.97. The number of nitrogens with zero attached hydrogens (tertiary/aromatic N) is 3. The molecular formula is C21H29N3O6. The number of methoxy groups -OCH3 is 1. The molecule has 0 spiro atoms. The van der Waals surface area contributed by atoms with E-state index in [-0.39, 0.29) is 0 Å². The molecule has 2 rings (SSSR count). The van der Waals surface area contributed by atoms with Crippen LogP contribution in [0.1, 0.15) is 52.7 Å². The Balaban J connectivity index is 2.66. The van der Waals surface area contributed by atoms with E-state index >= 15 is 0 Å². The molecule has 0 radical (unpaired) electrons. The minimum Gasteiger partial charge on any atom is -0.465 e. The summed E-state index contributed by atoms with van der Waals surface area (Å²) in [5, 5.41) is 1.66. The van der Waals surface area contributed by atoms with E-state index in [0.717, 1.165) is 21.9 Å². The lowest BCUT2D eigenvalue weighted by atomic mass is 9.97. The smallest absolute Gasteiger partial charge is 0.435 e. The molecule has 1 heterocycles. The highest BCUT2D eigenvalue weighted by Gasteiger charge is 2.58. The molecule has 0 aliphatic carbocycles. The Morgan fingerprint density at radius 3 is 2.03 bits per heavy atom. The number of aryl methyl sites for hydroxylation is 1. The topological polar surface area (TPSA) is 97.7 Å². The summed E-state index contributed by atoms with van der Waals surface area (Å²) in [6.07, 6.45) is -0.787. The van der Waals surface area contributed by atoms with E-state index in [1.165, 1.54) is 7.11 Å². The van der Waals surface area contributed by atoms with E-state index in [4.69, 9.17) is 14.2 Å². The average molecular weight is 419 g/mol. The molecule has 0 saturated carbocycles. The van der Waals surface area contributed by atoms with Crippen LogP contribution in [-0.4, -0.2) is 52.8 Å². The number of ether oxygens (including phenoxy) is 3. The summed E-state index contributed by atoms with van der Waals surface area (Å²) in [4.78, 5) is 43.3. The van der Waals surface area contributed by atoms with E-state index in [1.807, 2.05) is 13.0 Å². The summed E-state index contributed by atoms with van der Waals surface area (Å²) in [6, 6.07) is 6.85. The highest BCUT2D eigenvalue weighted by Crippen LogP contribution is 2.38. The number of hydrogen-bond donors (Lipinski definition) is 0. The number of rotatable bonds is 2. The van der Waals surface area contributed by atoms with Crippen LogP contribution in [0.5, 0.6) is 0 Å². The van der Waals surface area contributed by atoms with E-state index in [2.05, 4.69) is 4.99 Å².